The van der Waals surface area contributed by atoms with Crippen molar-refractivity contribution in [3.8, 4) is 17.1 Å². The lowest BCUT2D eigenvalue weighted by molar-refractivity contribution is 0.0947. The first-order valence-electron chi connectivity index (χ1n) is 9.70. The van der Waals surface area contributed by atoms with Gasteiger partial charge in [0.25, 0.3) is 5.91 Å². The number of benzene rings is 1. The molecule has 1 aromatic carbocycles. The van der Waals surface area contributed by atoms with E-state index in [1.165, 1.54) is 0 Å². The summed E-state index contributed by atoms with van der Waals surface area (Å²) in [6.45, 7) is 4.62. The van der Waals surface area contributed by atoms with Crippen LogP contribution in [0.5, 0.6) is 5.75 Å². The van der Waals surface area contributed by atoms with Crippen LogP contribution in [0.4, 0.5) is 17.3 Å². The van der Waals surface area contributed by atoms with E-state index in [0.29, 0.717) is 58.0 Å². The zero-order valence-electron chi connectivity index (χ0n) is 17.0. The fraction of sp³-hybridized carbons (Fsp3) is 0.286. The van der Waals surface area contributed by atoms with E-state index in [1.54, 1.807) is 25.4 Å². The molecule has 3 aromatic rings. The molecule has 0 unspecified atom stereocenters. The number of nitrogens with zero attached hydrogens (tertiary/aromatic N) is 2. The van der Waals surface area contributed by atoms with Gasteiger partial charge in [0.1, 0.15) is 0 Å². The number of rotatable bonds is 6. The molecule has 156 valence electrons. The minimum absolute atomic E-state index is 0.142. The molecule has 2 aromatic heterocycles. The summed E-state index contributed by atoms with van der Waals surface area (Å²) in [5.41, 5.74) is 4.06. The third-order valence-electron chi connectivity index (χ3n) is 4.73. The van der Waals surface area contributed by atoms with Crippen molar-refractivity contribution in [2.75, 3.05) is 24.3 Å². The van der Waals surface area contributed by atoms with E-state index in [1.807, 2.05) is 26.0 Å². The molecule has 9 heteroatoms. The van der Waals surface area contributed by atoms with Crippen LogP contribution in [0.3, 0.4) is 0 Å². The number of hydrogen-bond acceptors (Lipinski definition) is 6. The Morgan fingerprint density at radius 2 is 2.10 bits per heavy atom. The molecule has 4 rings (SSSR count). The van der Waals surface area contributed by atoms with Crippen LogP contribution in [0.1, 0.15) is 29.9 Å². The number of fused-ring (bicyclic) bond motifs is 1. The number of hydrogen-bond donors (Lipinski definition) is 4. The number of aromatic amines is 1. The van der Waals surface area contributed by atoms with Gasteiger partial charge >= 0.3 is 0 Å². The molecule has 3 heterocycles. The first-order valence-corrected chi connectivity index (χ1v) is 10.1. The summed E-state index contributed by atoms with van der Waals surface area (Å²) in [7, 11) is 1.56. The molecule has 1 aliphatic rings. The molecule has 0 atom stereocenters. The lowest BCUT2D eigenvalue weighted by Gasteiger charge is -2.17. The largest absolute Gasteiger partial charge is 0.493 e. The van der Waals surface area contributed by atoms with Gasteiger partial charge in [-0.2, -0.15) is 0 Å². The second-order valence-corrected chi connectivity index (χ2v) is 7.65. The van der Waals surface area contributed by atoms with Crippen molar-refractivity contribution in [1.29, 1.82) is 0 Å². The molecule has 0 aliphatic carbocycles. The Morgan fingerprint density at radius 3 is 2.87 bits per heavy atom. The average molecular weight is 427 g/mol. The number of amides is 1. The van der Waals surface area contributed by atoms with Crippen LogP contribution in [-0.4, -0.2) is 40.6 Å². The van der Waals surface area contributed by atoms with Gasteiger partial charge in [0.2, 0.25) is 5.95 Å². The summed E-state index contributed by atoms with van der Waals surface area (Å²) in [6, 6.07) is 7.42. The minimum atomic E-state index is -0.142. The van der Waals surface area contributed by atoms with Crippen LogP contribution < -0.4 is 20.7 Å². The number of carbonyl (C=O) groups is 1. The van der Waals surface area contributed by atoms with Crippen molar-refractivity contribution in [1.82, 2.24) is 20.3 Å². The Kier molecular flexibility index (Phi) is 5.50. The molecule has 0 radical (unpaired) electrons. The number of aromatic nitrogens is 3. The van der Waals surface area contributed by atoms with Crippen molar-refractivity contribution in [2.24, 2.45) is 0 Å². The SMILES string of the molecule is COc1c(Cl)cccc1Nc1c(-c2ccnc(NC(C)C)n2)[nH]c2c1C(=O)NCC2. The zero-order chi connectivity index (χ0) is 21.3. The number of methoxy groups -OCH3 is 1. The summed E-state index contributed by atoms with van der Waals surface area (Å²) in [6.07, 6.45) is 2.39. The van der Waals surface area contributed by atoms with Crippen molar-refractivity contribution in [3.63, 3.8) is 0 Å². The highest BCUT2D eigenvalue weighted by Gasteiger charge is 2.28. The molecule has 1 aliphatic heterocycles. The maximum atomic E-state index is 12.7. The van der Waals surface area contributed by atoms with Gasteiger partial charge in [-0.15, -0.1) is 0 Å². The Morgan fingerprint density at radius 1 is 1.27 bits per heavy atom. The van der Waals surface area contributed by atoms with Crippen molar-refractivity contribution in [2.45, 2.75) is 26.3 Å². The Hall–Kier alpha value is -3.26. The van der Waals surface area contributed by atoms with Gasteiger partial charge in [-0.25, -0.2) is 9.97 Å². The average Bonchev–Trinajstić information content (AvgIpc) is 3.08. The van der Waals surface area contributed by atoms with E-state index in [2.05, 4.69) is 30.9 Å². The van der Waals surface area contributed by atoms with Gasteiger partial charge in [0, 0.05) is 30.9 Å². The molecule has 0 bridgehead atoms. The Labute approximate surface area is 179 Å². The molecule has 1 amide bonds. The molecule has 0 saturated carbocycles. The van der Waals surface area contributed by atoms with Gasteiger partial charge in [0.05, 0.1) is 40.5 Å². The van der Waals surface area contributed by atoms with Crippen LogP contribution >= 0.6 is 11.6 Å². The quantitative estimate of drug-likeness (QED) is 0.475. The number of ether oxygens (including phenoxy) is 1. The van der Waals surface area contributed by atoms with Crippen molar-refractivity contribution in [3.05, 3.63) is 46.7 Å². The molecule has 0 saturated heterocycles. The first-order chi connectivity index (χ1) is 14.5. The predicted molar refractivity (Wildman–Crippen MR) is 118 cm³/mol. The third kappa shape index (κ3) is 3.78. The molecule has 8 nitrogen and oxygen atoms in total. The summed E-state index contributed by atoms with van der Waals surface area (Å²) in [5, 5.41) is 9.94. The number of para-hydroxylation sites is 1. The number of anilines is 3. The molecule has 4 N–H and O–H groups in total. The molecular formula is C21H23ClN6O2. The van der Waals surface area contributed by atoms with E-state index < -0.39 is 0 Å². The lowest BCUT2D eigenvalue weighted by atomic mass is 10.1. The van der Waals surface area contributed by atoms with Crippen LogP contribution in [0, 0.1) is 0 Å². The highest BCUT2D eigenvalue weighted by atomic mass is 35.5. The van der Waals surface area contributed by atoms with Crippen LogP contribution in [0.2, 0.25) is 5.02 Å². The van der Waals surface area contributed by atoms with Crippen molar-refractivity contribution < 1.29 is 9.53 Å². The van der Waals surface area contributed by atoms with E-state index in [4.69, 9.17) is 16.3 Å². The molecule has 0 fully saturated rings. The summed E-state index contributed by atoms with van der Waals surface area (Å²) in [5.74, 6) is 0.878. The normalized spacial score (nSPS) is 13.0. The number of nitrogens with one attached hydrogen (secondary N) is 4. The van der Waals surface area contributed by atoms with E-state index >= 15 is 0 Å². The smallest absolute Gasteiger partial charge is 0.255 e. The second kappa shape index (κ2) is 8.23. The van der Waals surface area contributed by atoms with Crippen LogP contribution in [-0.2, 0) is 6.42 Å². The maximum absolute atomic E-state index is 12.7. The van der Waals surface area contributed by atoms with E-state index in [9.17, 15) is 4.79 Å². The monoisotopic (exact) mass is 426 g/mol. The van der Waals surface area contributed by atoms with Crippen LogP contribution in [0.15, 0.2) is 30.5 Å². The summed E-state index contributed by atoms with van der Waals surface area (Å²) in [4.78, 5) is 25.0. The zero-order valence-corrected chi connectivity index (χ0v) is 17.7. The fourth-order valence-corrected chi connectivity index (χ4v) is 3.72. The standard InChI is InChI=1S/C21H23ClN6O2/c1-11(2)25-21-24-10-8-14(28-21)17-18(16-13(26-17)7-9-23-20(16)29)27-15-6-4-5-12(22)19(15)30-3/h4-6,8,10-11,26-27H,7,9H2,1-3H3,(H,23,29)(H,24,25,28). The predicted octanol–water partition coefficient (Wildman–Crippen LogP) is 3.98. The Balaban J connectivity index is 1.85. The van der Waals surface area contributed by atoms with Crippen LogP contribution in [0.25, 0.3) is 11.4 Å². The molecule has 0 spiro atoms. The van der Waals surface area contributed by atoms with Gasteiger partial charge in [-0.05, 0) is 32.0 Å². The van der Waals surface area contributed by atoms with Gasteiger partial charge in [-0.3, -0.25) is 4.79 Å². The Bertz CT molecular complexity index is 1100. The van der Waals surface area contributed by atoms with Gasteiger partial charge < -0.3 is 25.7 Å². The molecular weight excluding hydrogens is 404 g/mol. The summed E-state index contributed by atoms with van der Waals surface area (Å²) >= 11 is 6.29. The summed E-state index contributed by atoms with van der Waals surface area (Å²) < 4.78 is 5.46. The minimum Gasteiger partial charge on any atom is -0.493 e. The number of carbonyl (C=O) groups excluding carboxylic acids is 1. The highest BCUT2D eigenvalue weighted by Crippen LogP contribution is 2.40. The topological polar surface area (TPSA) is 104 Å². The highest BCUT2D eigenvalue weighted by molar-refractivity contribution is 6.32. The van der Waals surface area contributed by atoms with Gasteiger partial charge in [-0.1, -0.05) is 17.7 Å². The second-order valence-electron chi connectivity index (χ2n) is 7.24. The third-order valence-corrected chi connectivity index (χ3v) is 5.02. The molecule has 30 heavy (non-hydrogen) atoms. The van der Waals surface area contributed by atoms with E-state index in [0.717, 1.165) is 5.69 Å². The first kappa shape index (κ1) is 20.0. The number of H-pyrrole nitrogens is 1. The lowest BCUT2D eigenvalue weighted by Crippen LogP contribution is -2.31. The fourth-order valence-electron chi connectivity index (χ4n) is 3.47. The van der Waals surface area contributed by atoms with Gasteiger partial charge in [0.15, 0.2) is 5.75 Å². The van der Waals surface area contributed by atoms with Crippen molar-refractivity contribution >= 4 is 34.8 Å². The van der Waals surface area contributed by atoms with E-state index in [-0.39, 0.29) is 11.9 Å². The maximum Gasteiger partial charge on any atom is 0.255 e. The number of halogens is 1.